The Kier molecular flexibility index (Phi) is 3.79. The lowest BCUT2D eigenvalue weighted by Gasteiger charge is -2.19. The molecule has 0 atom stereocenters. The molecule has 82 valence electrons. The van der Waals surface area contributed by atoms with Crippen LogP contribution in [0, 0.1) is 0 Å². The van der Waals surface area contributed by atoms with Crippen molar-refractivity contribution < 1.29 is 9.53 Å². The van der Waals surface area contributed by atoms with Gasteiger partial charge in [-0.2, -0.15) is 0 Å². The van der Waals surface area contributed by atoms with Crippen molar-refractivity contribution in [2.75, 3.05) is 0 Å². The van der Waals surface area contributed by atoms with Crippen LogP contribution in [0.25, 0.3) is 0 Å². The van der Waals surface area contributed by atoms with E-state index < -0.39 is 5.60 Å². The molecule has 1 rings (SSSR count). The molecule has 0 N–H and O–H groups in total. The molecule has 0 saturated heterocycles. The standard InChI is InChI=1S/C11H12BrClO2/c1-11(2,3)15-10(14)7-4-8(12)6-9(13)5-7/h4-6H,1-3H3. The van der Waals surface area contributed by atoms with Gasteiger partial charge in [-0.05, 0) is 39.0 Å². The maximum Gasteiger partial charge on any atom is 0.338 e. The quantitative estimate of drug-likeness (QED) is 0.729. The smallest absolute Gasteiger partial charge is 0.338 e. The predicted molar refractivity (Wildman–Crippen MR) is 64.3 cm³/mol. The molecule has 0 unspecified atom stereocenters. The zero-order valence-corrected chi connectivity index (χ0v) is 11.1. The third-order valence-electron chi connectivity index (χ3n) is 1.50. The average Bonchev–Trinajstić information content (AvgIpc) is 1.98. The van der Waals surface area contributed by atoms with E-state index in [0.717, 1.165) is 4.47 Å². The first-order valence-electron chi connectivity index (χ1n) is 4.47. The summed E-state index contributed by atoms with van der Waals surface area (Å²) in [5, 5.41) is 0.505. The molecule has 0 radical (unpaired) electrons. The topological polar surface area (TPSA) is 26.3 Å². The molecule has 0 heterocycles. The number of ether oxygens (including phenoxy) is 1. The molecule has 0 aliphatic rings. The van der Waals surface area contributed by atoms with Crippen molar-refractivity contribution in [3.63, 3.8) is 0 Å². The highest BCUT2D eigenvalue weighted by Gasteiger charge is 2.18. The molecule has 0 saturated carbocycles. The van der Waals surface area contributed by atoms with Gasteiger partial charge in [-0.1, -0.05) is 27.5 Å². The second-order valence-corrected chi connectivity index (χ2v) is 5.51. The van der Waals surface area contributed by atoms with Gasteiger partial charge in [0.05, 0.1) is 5.56 Å². The van der Waals surface area contributed by atoms with Crippen molar-refractivity contribution in [1.82, 2.24) is 0 Å². The van der Waals surface area contributed by atoms with Gasteiger partial charge in [-0.3, -0.25) is 0 Å². The van der Waals surface area contributed by atoms with Gasteiger partial charge in [-0.25, -0.2) is 4.79 Å². The number of carbonyl (C=O) groups excluding carboxylic acids is 1. The van der Waals surface area contributed by atoms with Crippen LogP contribution >= 0.6 is 27.5 Å². The average molecular weight is 292 g/mol. The van der Waals surface area contributed by atoms with E-state index in [0.29, 0.717) is 10.6 Å². The molecule has 2 nitrogen and oxygen atoms in total. The Labute approximate surface area is 103 Å². The molecule has 1 aromatic carbocycles. The van der Waals surface area contributed by atoms with Crippen molar-refractivity contribution in [1.29, 1.82) is 0 Å². The van der Waals surface area contributed by atoms with Crippen molar-refractivity contribution in [2.24, 2.45) is 0 Å². The molecule has 0 aliphatic heterocycles. The third-order valence-corrected chi connectivity index (χ3v) is 2.17. The summed E-state index contributed by atoms with van der Waals surface area (Å²) in [7, 11) is 0. The number of carbonyl (C=O) groups is 1. The minimum absolute atomic E-state index is 0.370. The van der Waals surface area contributed by atoms with E-state index in [1.54, 1.807) is 18.2 Å². The van der Waals surface area contributed by atoms with Crippen LogP contribution in [0.5, 0.6) is 0 Å². The van der Waals surface area contributed by atoms with Crippen LogP contribution in [0.1, 0.15) is 31.1 Å². The minimum atomic E-state index is -0.494. The van der Waals surface area contributed by atoms with Crippen LogP contribution in [0.4, 0.5) is 0 Å². The monoisotopic (exact) mass is 290 g/mol. The van der Waals surface area contributed by atoms with Gasteiger partial charge in [0.15, 0.2) is 0 Å². The lowest BCUT2D eigenvalue weighted by atomic mass is 10.2. The Balaban J connectivity index is 2.92. The fraction of sp³-hybridized carbons (Fsp3) is 0.364. The summed E-state index contributed by atoms with van der Waals surface area (Å²) in [6.07, 6.45) is 0. The Morgan fingerprint density at radius 2 is 1.93 bits per heavy atom. The minimum Gasteiger partial charge on any atom is -0.456 e. The van der Waals surface area contributed by atoms with Crippen molar-refractivity contribution >= 4 is 33.5 Å². The fourth-order valence-corrected chi connectivity index (χ4v) is 1.87. The maximum atomic E-state index is 11.7. The van der Waals surface area contributed by atoms with E-state index in [1.165, 1.54) is 0 Å². The number of hydrogen-bond donors (Lipinski definition) is 0. The van der Waals surface area contributed by atoms with Gasteiger partial charge < -0.3 is 4.74 Å². The number of hydrogen-bond acceptors (Lipinski definition) is 2. The third kappa shape index (κ3) is 4.22. The molecule has 4 heteroatoms. The Morgan fingerprint density at radius 1 is 1.33 bits per heavy atom. The van der Waals surface area contributed by atoms with E-state index in [2.05, 4.69) is 15.9 Å². The highest BCUT2D eigenvalue weighted by molar-refractivity contribution is 9.10. The van der Waals surface area contributed by atoms with Crippen molar-refractivity contribution in [3.05, 3.63) is 33.3 Å². The van der Waals surface area contributed by atoms with E-state index in [4.69, 9.17) is 16.3 Å². The molecule has 0 aromatic heterocycles. The molecular formula is C11H12BrClO2. The zero-order valence-electron chi connectivity index (χ0n) is 8.80. The fourth-order valence-electron chi connectivity index (χ4n) is 1.01. The normalized spacial score (nSPS) is 11.3. The number of rotatable bonds is 1. The zero-order chi connectivity index (χ0) is 11.6. The van der Waals surface area contributed by atoms with Crippen molar-refractivity contribution in [2.45, 2.75) is 26.4 Å². The highest BCUT2D eigenvalue weighted by Crippen LogP contribution is 2.21. The van der Waals surface area contributed by atoms with Crippen LogP contribution < -0.4 is 0 Å². The van der Waals surface area contributed by atoms with Gasteiger partial charge in [-0.15, -0.1) is 0 Å². The van der Waals surface area contributed by atoms with E-state index >= 15 is 0 Å². The van der Waals surface area contributed by atoms with Gasteiger partial charge >= 0.3 is 5.97 Å². The van der Waals surface area contributed by atoms with Gasteiger partial charge in [0.1, 0.15) is 5.60 Å². The molecule has 0 fully saturated rings. The second kappa shape index (κ2) is 4.54. The largest absolute Gasteiger partial charge is 0.456 e. The molecule has 1 aromatic rings. The summed E-state index contributed by atoms with van der Waals surface area (Å²) in [6, 6.07) is 4.98. The molecule has 0 spiro atoms. The molecule has 0 amide bonds. The summed E-state index contributed by atoms with van der Waals surface area (Å²) >= 11 is 9.10. The first kappa shape index (κ1) is 12.5. The molecular weight excluding hydrogens is 279 g/mol. The van der Waals surface area contributed by atoms with E-state index in [-0.39, 0.29) is 5.97 Å². The lowest BCUT2D eigenvalue weighted by Crippen LogP contribution is -2.23. The number of halogens is 2. The number of esters is 1. The first-order valence-corrected chi connectivity index (χ1v) is 5.64. The van der Waals surface area contributed by atoms with Gasteiger partial charge in [0.2, 0.25) is 0 Å². The lowest BCUT2D eigenvalue weighted by molar-refractivity contribution is 0.00695. The second-order valence-electron chi connectivity index (χ2n) is 4.16. The Bertz CT molecular complexity index is 362. The predicted octanol–water partition coefficient (Wildman–Crippen LogP) is 4.06. The Morgan fingerprint density at radius 3 is 2.40 bits per heavy atom. The number of benzene rings is 1. The maximum absolute atomic E-state index is 11.7. The first-order chi connectivity index (χ1) is 6.78. The van der Waals surface area contributed by atoms with Crippen molar-refractivity contribution in [3.8, 4) is 0 Å². The molecule has 0 aliphatic carbocycles. The summed E-state index contributed by atoms with van der Waals surface area (Å²) in [4.78, 5) is 11.7. The summed E-state index contributed by atoms with van der Waals surface area (Å²) < 4.78 is 5.98. The summed E-state index contributed by atoms with van der Waals surface area (Å²) in [5.74, 6) is -0.370. The van der Waals surface area contributed by atoms with E-state index in [9.17, 15) is 4.79 Å². The molecule has 0 bridgehead atoms. The summed E-state index contributed by atoms with van der Waals surface area (Å²) in [6.45, 7) is 5.47. The van der Waals surface area contributed by atoms with Crippen LogP contribution in [-0.2, 0) is 4.74 Å². The summed E-state index contributed by atoms with van der Waals surface area (Å²) in [5.41, 5.74) is -0.0457. The van der Waals surface area contributed by atoms with Crippen LogP contribution in [0.3, 0.4) is 0 Å². The van der Waals surface area contributed by atoms with Crippen LogP contribution in [-0.4, -0.2) is 11.6 Å². The Hall–Kier alpha value is -0.540. The SMILES string of the molecule is CC(C)(C)OC(=O)c1cc(Cl)cc(Br)c1. The van der Waals surface area contributed by atoms with Crippen LogP contribution in [0.15, 0.2) is 22.7 Å². The van der Waals surface area contributed by atoms with Gasteiger partial charge in [0.25, 0.3) is 0 Å². The van der Waals surface area contributed by atoms with Crippen LogP contribution in [0.2, 0.25) is 5.02 Å². The highest BCUT2D eigenvalue weighted by atomic mass is 79.9. The van der Waals surface area contributed by atoms with E-state index in [1.807, 2.05) is 20.8 Å². The van der Waals surface area contributed by atoms with Gasteiger partial charge in [0, 0.05) is 9.50 Å². The molecule has 15 heavy (non-hydrogen) atoms.